The van der Waals surface area contributed by atoms with Gasteiger partial charge in [0.25, 0.3) is 5.91 Å². The normalized spacial score (nSPS) is 10.2. The summed E-state index contributed by atoms with van der Waals surface area (Å²) in [5.41, 5.74) is 2.02. The number of amides is 2. The zero-order valence-corrected chi connectivity index (χ0v) is 17.3. The van der Waals surface area contributed by atoms with Crippen molar-refractivity contribution in [2.75, 3.05) is 37.9 Å². The second-order valence-corrected chi connectivity index (χ2v) is 7.06. The molecular weight excluding hydrogens is 378 g/mol. The lowest BCUT2D eigenvalue weighted by Crippen LogP contribution is -2.30. The first-order chi connectivity index (χ1) is 14.4. The maximum Gasteiger partial charge on any atom is 0.253 e. The lowest BCUT2D eigenvalue weighted by atomic mass is 10.2. The summed E-state index contributed by atoms with van der Waals surface area (Å²) in [6, 6.07) is 23.9. The van der Waals surface area contributed by atoms with Gasteiger partial charge in [-0.05, 0) is 48.5 Å². The highest BCUT2D eigenvalue weighted by molar-refractivity contribution is 5.96. The Labute approximate surface area is 176 Å². The summed E-state index contributed by atoms with van der Waals surface area (Å²) in [4.78, 5) is 27.8. The number of carbonyl (C=O) groups excluding carboxylic acids is 2. The average Bonchev–Trinajstić information content (AvgIpc) is 2.74. The molecule has 6 nitrogen and oxygen atoms in total. The van der Waals surface area contributed by atoms with Crippen molar-refractivity contribution in [1.82, 2.24) is 4.90 Å². The highest BCUT2D eigenvalue weighted by Gasteiger charge is 2.13. The summed E-state index contributed by atoms with van der Waals surface area (Å²) in [7, 11) is 5.24. The van der Waals surface area contributed by atoms with E-state index in [0.717, 1.165) is 11.4 Å². The Morgan fingerprint density at radius 3 is 2.13 bits per heavy atom. The summed E-state index contributed by atoms with van der Waals surface area (Å²) < 4.78 is 5.98. The maximum atomic E-state index is 12.5. The van der Waals surface area contributed by atoms with Crippen molar-refractivity contribution in [3.63, 3.8) is 0 Å². The number of anilines is 2. The number of hydrogen-bond acceptors (Lipinski definition) is 4. The molecule has 0 atom stereocenters. The van der Waals surface area contributed by atoms with E-state index in [2.05, 4.69) is 5.32 Å². The lowest BCUT2D eigenvalue weighted by Gasteiger charge is -2.22. The molecule has 0 saturated carbocycles. The van der Waals surface area contributed by atoms with Crippen LogP contribution in [-0.2, 0) is 4.79 Å². The van der Waals surface area contributed by atoms with Crippen LogP contribution in [0.5, 0.6) is 11.5 Å². The quantitative estimate of drug-likeness (QED) is 0.640. The van der Waals surface area contributed by atoms with Gasteiger partial charge in [0.15, 0.2) is 5.75 Å². The van der Waals surface area contributed by atoms with E-state index in [1.165, 1.54) is 4.90 Å². The van der Waals surface area contributed by atoms with Crippen molar-refractivity contribution >= 4 is 23.2 Å². The number of nitrogens with zero attached hydrogens (tertiary/aromatic N) is 2. The molecule has 6 heteroatoms. The molecule has 154 valence electrons. The molecule has 3 aromatic rings. The molecule has 0 aliphatic carbocycles. The zero-order valence-electron chi connectivity index (χ0n) is 17.3. The van der Waals surface area contributed by atoms with Crippen LogP contribution in [0.2, 0.25) is 0 Å². The average molecular weight is 403 g/mol. The molecule has 0 spiro atoms. The lowest BCUT2D eigenvalue weighted by molar-refractivity contribution is -0.114. The number of rotatable bonds is 7. The third kappa shape index (κ3) is 5.38. The SMILES string of the molecule is CN(C)C(=O)c1ccc(NC(=O)CN(C)c2ccccc2Oc2ccccc2)cc1. The van der Waals surface area contributed by atoms with Gasteiger partial charge in [-0.1, -0.05) is 30.3 Å². The standard InChI is InChI=1S/C24H25N3O3/c1-26(2)24(29)18-13-15-19(16-14-18)25-23(28)17-27(3)21-11-7-8-12-22(21)30-20-9-5-4-6-10-20/h4-16H,17H2,1-3H3,(H,25,28). The van der Waals surface area contributed by atoms with Crippen LogP contribution in [-0.4, -0.2) is 44.4 Å². The molecule has 0 bridgehead atoms. The van der Waals surface area contributed by atoms with Crippen molar-refractivity contribution in [2.45, 2.75) is 0 Å². The minimum Gasteiger partial charge on any atom is -0.455 e. The summed E-state index contributed by atoms with van der Waals surface area (Å²) in [5.74, 6) is 1.15. The molecular formula is C24H25N3O3. The number of benzene rings is 3. The first-order valence-electron chi connectivity index (χ1n) is 9.58. The van der Waals surface area contributed by atoms with Gasteiger partial charge in [-0.3, -0.25) is 9.59 Å². The van der Waals surface area contributed by atoms with Gasteiger partial charge in [0, 0.05) is 32.4 Å². The van der Waals surface area contributed by atoms with Gasteiger partial charge in [-0.2, -0.15) is 0 Å². The molecule has 2 amide bonds. The van der Waals surface area contributed by atoms with Gasteiger partial charge in [0.1, 0.15) is 5.75 Å². The van der Waals surface area contributed by atoms with E-state index in [-0.39, 0.29) is 18.4 Å². The Balaban J connectivity index is 1.64. The molecule has 0 unspecified atom stereocenters. The number of likely N-dealkylation sites (N-methyl/N-ethyl adjacent to an activating group) is 1. The number of nitrogens with one attached hydrogen (secondary N) is 1. The van der Waals surface area contributed by atoms with E-state index in [1.807, 2.05) is 66.5 Å². The van der Waals surface area contributed by atoms with E-state index >= 15 is 0 Å². The van der Waals surface area contributed by atoms with Crippen LogP contribution < -0.4 is 15.0 Å². The highest BCUT2D eigenvalue weighted by Crippen LogP contribution is 2.31. The highest BCUT2D eigenvalue weighted by atomic mass is 16.5. The fourth-order valence-electron chi connectivity index (χ4n) is 2.93. The topological polar surface area (TPSA) is 61.9 Å². The van der Waals surface area contributed by atoms with Crippen LogP contribution in [0, 0.1) is 0 Å². The Bertz CT molecular complexity index is 1000. The van der Waals surface area contributed by atoms with Crippen molar-refractivity contribution in [1.29, 1.82) is 0 Å². The van der Waals surface area contributed by atoms with Crippen molar-refractivity contribution in [2.24, 2.45) is 0 Å². The van der Waals surface area contributed by atoms with Gasteiger partial charge in [-0.15, -0.1) is 0 Å². The maximum absolute atomic E-state index is 12.5. The van der Waals surface area contributed by atoms with Crippen molar-refractivity contribution in [3.05, 3.63) is 84.4 Å². The van der Waals surface area contributed by atoms with E-state index < -0.39 is 0 Å². The minimum atomic E-state index is -0.168. The van der Waals surface area contributed by atoms with Crippen molar-refractivity contribution in [3.8, 4) is 11.5 Å². The second-order valence-electron chi connectivity index (χ2n) is 7.06. The Kier molecular flexibility index (Phi) is 6.70. The molecule has 0 fully saturated rings. The molecule has 30 heavy (non-hydrogen) atoms. The largest absolute Gasteiger partial charge is 0.455 e. The van der Waals surface area contributed by atoms with Gasteiger partial charge >= 0.3 is 0 Å². The van der Waals surface area contributed by atoms with Crippen LogP contribution in [0.3, 0.4) is 0 Å². The molecule has 0 aliphatic heterocycles. The zero-order chi connectivity index (χ0) is 21.5. The predicted octanol–water partition coefficient (Wildman–Crippen LogP) is 4.26. The molecule has 3 rings (SSSR count). The number of para-hydroxylation sites is 3. The fraction of sp³-hybridized carbons (Fsp3) is 0.167. The van der Waals surface area contributed by atoms with Crippen LogP contribution >= 0.6 is 0 Å². The number of ether oxygens (including phenoxy) is 1. The summed E-state index contributed by atoms with van der Waals surface area (Å²) in [6.45, 7) is 0.146. The van der Waals surface area contributed by atoms with E-state index in [1.54, 1.807) is 38.4 Å². The van der Waals surface area contributed by atoms with Crippen LogP contribution in [0.15, 0.2) is 78.9 Å². The van der Waals surface area contributed by atoms with Gasteiger partial charge in [0.2, 0.25) is 5.91 Å². The Morgan fingerprint density at radius 2 is 1.47 bits per heavy atom. The molecule has 0 saturated heterocycles. The van der Waals surface area contributed by atoms with E-state index in [0.29, 0.717) is 17.0 Å². The smallest absolute Gasteiger partial charge is 0.253 e. The van der Waals surface area contributed by atoms with E-state index in [4.69, 9.17) is 4.74 Å². The van der Waals surface area contributed by atoms with Crippen LogP contribution in [0.1, 0.15) is 10.4 Å². The minimum absolute atomic E-state index is 0.0809. The molecule has 0 aliphatic rings. The van der Waals surface area contributed by atoms with E-state index in [9.17, 15) is 9.59 Å². The molecule has 0 radical (unpaired) electrons. The van der Waals surface area contributed by atoms with Gasteiger partial charge in [0.05, 0.1) is 12.2 Å². The van der Waals surface area contributed by atoms with Gasteiger partial charge in [-0.25, -0.2) is 0 Å². The van der Waals surface area contributed by atoms with Crippen LogP contribution in [0.4, 0.5) is 11.4 Å². The number of carbonyl (C=O) groups is 2. The third-order valence-electron chi connectivity index (χ3n) is 4.45. The van der Waals surface area contributed by atoms with Crippen molar-refractivity contribution < 1.29 is 14.3 Å². The van der Waals surface area contributed by atoms with Gasteiger partial charge < -0.3 is 19.9 Å². The molecule has 3 aromatic carbocycles. The monoisotopic (exact) mass is 403 g/mol. The fourth-order valence-corrected chi connectivity index (χ4v) is 2.93. The summed E-state index contributed by atoms with van der Waals surface area (Å²) in [6.07, 6.45) is 0. The molecule has 0 aromatic heterocycles. The first kappa shape index (κ1) is 20.9. The molecule has 1 N–H and O–H groups in total. The molecule has 0 heterocycles. The Morgan fingerprint density at radius 1 is 0.833 bits per heavy atom. The predicted molar refractivity (Wildman–Crippen MR) is 119 cm³/mol. The first-order valence-corrected chi connectivity index (χ1v) is 9.58. The Hall–Kier alpha value is -3.80. The third-order valence-corrected chi connectivity index (χ3v) is 4.45. The second kappa shape index (κ2) is 9.60. The summed E-state index contributed by atoms with van der Waals surface area (Å²) in [5, 5.41) is 2.86. The summed E-state index contributed by atoms with van der Waals surface area (Å²) >= 11 is 0. The number of hydrogen-bond donors (Lipinski definition) is 1. The van der Waals surface area contributed by atoms with Crippen LogP contribution in [0.25, 0.3) is 0 Å².